The molecule has 3 aromatic rings. The molecule has 2 aromatic heterocycles. The standard InChI is InChI=1S/C13H12N2O2/c1-8-5-6-17-12(8)13-14-10-4-3-9(16-2)7-11(10)15-13/h3-7H,1-2H3,(H,14,15). The molecule has 0 spiro atoms. The SMILES string of the molecule is COc1ccc2nc(-c3occc3C)[nH]c2c1. The van der Waals surface area contributed by atoms with Crippen LogP contribution in [-0.4, -0.2) is 17.1 Å². The minimum absolute atomic E-state index is 0.746. The number of rotatable bonds is 2. The van der Waals surface area contributed by atoms with E-state index in [0.29, 0.717) is 0 Å². The Morgan fingerprint density at radius 1 is 1.29 bits per heavy atom. The predicted molar refractivity (Wildman–Crippen MR) is 65.1 cm³/mol. The third kappa shape index (κ3) is 1.58. The molecule has 4 heteroatoms. The summed E-state index contributed by atoms with van der Waals surface area (Å²) in [5.74, 6) is 2.33. The molecule has 0 amide bonds. The van der Waals surface area contributed by atoms with Crippen LogP contribution in [0.1, 0.15) is 5.56 Å². The maximum absolute atomic E-state index is 5.41. The van der Waals surface area contributed by atoms with Crippen LogP contribution in [0, 0.1) is 6.92 Å². The molecular weight excluding hydrogens is 216 g/mol. The second kappa shape index (κ2) is 3.66. The first-order valence-corrected chi connectivity index (χ1v) is 5.36. The summed E-state index contributed by atoms with van der Waals surface area (Å²) in [4.78, 5) is 7.72. The topological polar surface area (TPSA) is 51.1 Å². The number of ether oxygens (including phenoxy) is 1. The Hall–Kier alpha value is -2.23. The van der Waals surface area contributed by atoms with Gasteiger partial charge in [0.15, 0.2) is 11.6 Å². The fourth-order valence-electron chi connectivity index (χ4n) is 1.84. The van der Waals surface area contributed by atoms with Crippen molar-refractivity contribution in [1.82, 2.24) is 9.97 Å². The number of nitrogens with one attached hydrogen (secondary N) is 1. The Morgan fingerprint density at radius 3 is 2.88 bits per heavy atom. The van der Waals surface area contributed by atoms with Crippen molar-refractivity contribution < 1.29 is 9.15 Å². The number of hydrogen-bond donors (Lipinski definition) is 1. The van der Waals surface area contributed by atoms with Crippen molar-refractivity contribution in [3.8, 4) is 17.3 Å². The van der Waals surface area contributed by atoms with Gasteiger partial charge in [-0.05, 0) is 30.7 Å². The van der Waals surface area contributed by atoms with Crippen molar-refractivity contribution >= 4 is 11.0 Å². The van der Waals surface area contributed by atoms with E-state index in [0.717, 1.165) is 33.9 Å². The molecule has 1 aromatic carbocycles. The smallest absolute Gasteiger partial charge is 0.174 e. The molecule has 1 N–H and O–H groups in total. The maximum Gasteiger partial charge on any atom is 0.174 e. The zero-order chi connectivity index (χ0) is 11.8. The first kappa shape index (κ1) is 9.96. The summed E-state index contributed by atoms with van der Waals surface area (Å²) in [6.07, 6.45) is 1.67. The van der Waals surface area contributed by atoms with Gasteiger partial charge in [0.2, 0.25) is 0 Å². The van der Waals surface area contributed by atoms with E-state index in [1.54, 1.807) is 13.4 Å². The number of methoxy groups -OCH3 is 1. The van der Waals surface area contributed by atoms with Crippen molar-refractivity contribution in [2.24, 2.45) is 0 Å². The molecule has 0 unspecified atom stereocenters. The van der Waals surface area contributed by atoms with Gasteiger partial charge in [0, 0.05) is 6.07 Å². The second-order valence-corrected chi connectivity index (χ2v) is 3.90. The Kier molecular flexibility index (Phi) is 2.14. The van der Waals surface area contributed by atoms with Crippen molar-refractivity contribution in [2.75, 3.05) is 7.11 Å². The zero-order valence-electron chi connectivity index (χ0n) is 9.65. The fraction of sp³-hybridized carbons (Fsp3) is 0.154. The molecule has 2 heterocycles. The molecule has 0 radical (unpaired) electrons. The van der Waals surface area contributed by atoms with Crippen LogP contribution in [0.25, 0.3) is 22.6 Å². The molecule has 4 nitrogen and oxygen atoms in total. The van der Waals surface area contributed by atoms with E-state index in [-0.39, 0.29) is 0 Å². The van der Waals surface area contributed by atoms with E-state index in [2.05, 4.69) is 9.97 Å². The number of aryl methyl sites for hydroxylation is 1. The number of aromatic amines is 1. The highest BCUT2D eigenvalue weighted by Crippen LogP contribution is 2.26. The summed E-state index contributed by atoms with van der Waals surface area (Å²) in [6, 6.07) is 7.65. The van der Waals surface area contributed by atoms with Gasteiger partial charge in [-0.1, -0.05) is 0 Å². The molecule has 0 aliphatic rings. The van der Waals surface area contributed by atoms with Gasteiger partial charge in [0.05, 0.1) is 24.4 Å². The molecule has 3 rings (SSSR count). The number of H-pyrrole nitrogens is 1. The van der Waals surface area contributed by atoms with E-state index in [4.69, 9.17) is 9.15 Å². The van der Waals surface area contributed by atoms with Crippen LogP contribution in [0.5, 0.6) is 5.75 Å². The van der Waals surface area contributed by atoms with Crippen LogP contribution in [0.2, 0.25) is 0 Å². The van der Waals surface area contributed by atoms with E-state index >= 15 is 0 Å². The molecule has 0 aliphatic heterocycles. The van der Waals surface area contributed by atoms with Crippen molar-refractivity contribution in [3.63, 3.8) is 0 Å². The Morgan fingerprint density at radius 2 is 2.18 bits per heavy atom. The first-order chi connectivity index (χ1) is 8.28. The highest BCUT2D eigenvalue weighted by atomic mass is 16.5. The van der Waals surface area contributed by atoms with Crippen molar-refractivity contribution in [2.45, 2.75) is 6.92 Å². The van der Waals surface area contributed by atoms with E-state index in [1.807, 2.05) is 31.2 Å². The Labute approximate surface area is 98.2 Å². The number of aromatic nitrogens is 2. The van der Waals surface area contributed by atoms with Crippen LogP contribution in [0.15, 0.2) is 34.9 Å². The Bertz CT molecular complexity index is 667. The fourth-order valence-corrected chi connectivity index (χ4v) is 1.84. The predicted octanol–water partition coefficient (Wildman–Crippen LogP) is 3.14. The van der Waals surface area contributed by atoms with E-state index in [9.17, 15) is 0 Å². The van der Waals surface area contributed by atoms with Gasteiger partial charge < -0.3 is 14.1 Å². The summed E-state index contributed by atoms with van der Waals surface area (Å²) in [5.41, 5.74) is 2.91. The molecule has 0 bridgehead atoms. The monoisotopic (exact) mass is 228 g/mol. The van der Waals surface area contributed by atoms with Gasteiger partial charge in [0.25, 0.3) is 0 Å². The van der Waals surface area contributed by atoms with Gasteiger partial charge in [-0.2, -0.15) is 0 Å². The van der Waals surface area contributed by atoms with Crippen LogP contribution in [-0.2, 0) is 0 Å². The van der Waals surface area contributed by atoms with Crippen LogP contribution in [0.3, 0.4) is 0 Å². The highest BCUT2D eigenvalue weighted by Gasteiger charge is 2.10. The van der Waals surface area contributed by atoms with Gasteiger partial charge in [-0.25, -0.2) is 4.98 Å². The van der Waals surface area contributed by atoms with Gasteiger partial charge in [-0.15, -0.1) is 0 Å². The maximum atomic E-state index is 5.41. The molecule has 17 heavy (non-hydrogen) atoms. The van der Waals surface area contributed by atoms with Crippen molar-refractivity contribution in [3.05, 3.63) is 36.1 Å². The van der Waals surface area contributed by atoms with Crippen LogP contribution >= 0.6 is 0 Å². The lowest BCUT2D eigenvalue weighted by Gasteiger charge is -1.96. The molecular formula is C13H12N2O2. The molecule has 0 fully saturated rings. The lowest BCUT2D eigenvalue weighted by atomic mass is 10.3. The number of imidazole rings is 1. The van der Waals surface area contributed by atoms with Crippen LogP contribution in [0.4, 0.5) is 0 Å². The number of furan rings is 1. The normalized spacial score (nSPS) is 10.9. The molecule has 0 saturated carbocycles. The number of nitrogens with zero attached hydrogens (tertiary/aromatic N) is 1. The summed E-state index contributed by atoms with van der Waals surface area (Å²) in [7, 11) is 1.65. The van der Waals surface area contributed by atoms with E-state index in [1.165, 1.54) is 0 Å². The van der Waals surface area contributed by atoms with Gasteiger partial charge in [0.1, 0.15) is 5.75 Å². The number of hydrogen-bond acceptors (Lipinski definition) is 3. The van der Waals surface area contributed by atoms with E-state index < -0.39 is 0 Å². The summed E-state index contributed by atoms with van der Waals surface area (Å²) in [6.45, 7) is 1.99. The summed E-state index contributed by atoms with van der Waals surface area (Å²) < 4.78 is 10.6. The third-order valence-corrected chi connectivity index (χ3v) is 2.77. The third-order valence-electron chi connectivity index (χ3n) is 2.77. The number of benzene rings is 1. The lowest BCUT2D eigenvalue weighted by Crippen LogP contribution is -1.81. The molecule has 86 valence electrons. The molecule has 0 aliphatic carbocycles. The quantitative estimate of drug-likeness (QED) is 0.733. The largest absolute Gasteiger partial charge is 0.497 e. The average molecular weight is 228 g/mol. The number of fused-ring (bicyclic) bond motifs is 1. The first-order valence-electron chi connectivity index (χ1n) is 5.36. The molecule has 0 saturated heterocycles. The summed E-state index contributed by atoms with van der Waals surface area (Å²) >= 11 is 0. The molecule has 0 atom stereocenters. The zero-order valence-corrected chi connectivity index (χ0v) is 9.65. The average Bonchev–Trinajstić information content (AvgIpc) is 2.93. The minimum Gasteiger partial charge on any atom is -0.497 e. The van der Waals surface area contributed by atoms with Gasteiger partial charge in [-0.3, -0.25) is 0 Å². The highest BCUT2D eigenvalue weighted by molar-refractivity contribution is 5.80. The van der Waals surface area contributed by atoms with Crippen LogP contribution < -0.4 is 4.74 Å². The lowest BCUT2D eigenvalue weighted by molar-refractivity contribution is 0.415. The summed E-state index contributed by atoms with van der Waals surface area (Å²) in [5, 5.41) is 0. The van der Waals surface area contributed by atoms with Crippen molar-refractivity contribution in [1.29, 1.82) is 0 Å². The minimum atomic E-state index is 0.746. The second-order valence-electron chi connectivity index (χ2n) is 3.90. The Balaban J connectivity index is 2.17. The van der Waals surface area contributed by atoms with Gasteiger partial charge >= 0.3 is 0 Å².